The third kappa shape index (κ3) is 2.64. The van der Waals surface area contributed by atoms with Crippen molar-refractivity contribution in [1.82, 2.24) is 10.1 Å². The van der Waals surface area contributed by atoms with Crippen LogP contribution in [0, 0.1) is 5.82 Å². The molecule has 104 valence electrons. The maximum Gasteiger partial charge on any atom is 0.335 e. The first kappa shape index (κ1) is 13.0. The molecule has 5 nitrogen and oxygen atoms in total. The fraction of sp³-hybridized carbons (Fsp3) is 0. The summed E-state index contributed by atoms with van der Waals surface area (Å²) in [6.45, 7) is 0. The van der Waals surface area contributed by atoms with Gasteiger partial charge in [0.25, 0.3) is 5.89 Å². The summed E-state index contributed by atoms with van der Waals surface area (Å²) in [4.78, 5) is 15.1. The second-order valence-electron chi connectivity index (χ2n) is 4.32. The minimum absolute atomic E-state index is 0.133. The molecule has 1 N–H and O–H groups in total. The fourth-order valence-corrected chi connectivity index (χ4v) is 1.84. The molecule has 1 aromatic heterocycles. The molecule has 3 rings (SSSR count). The topological polar surface area (TPSA) is 76.2 Å². The van der Waals surface area contributed by atoms with Crippen molar-refractivity contribution in [3.63, 3.8) is 0 Å². The zero-order chi connectivity index (χ0) is 14.8. The van der Waals surface area contributed by atoms with Gasteiger partial charge in [-0.3, -0.25) is 0 Å². The van der Waals surface area contributed by atoms with E-state index in [1.165, 1.54) is 36.4 Å². The molecule has 0 amide bonds. The Morgan fingerprint density at radius 3 is 2.57 bits per heavy atom. The molecule has 0 saturated heterocycles. The monoisotopic (exact) mass is 284 g/mol. The van der Waals surface area contributed by atoms with Crippen LogP contribution in [0.1, 0.15) is 10.4 Å². The van der Waals surface area contributed by atoms with Crippen molar-refractivity contribution >= 4 is 5.97 Å². The van der Waals surface area contributed by atoms with Crippen molar-refractivity contribution in [2.45, 2.75) is 0 Å². The van der Waals surface area contributed by atoms with Crippen LogP contribution in [-0.2, 0) is 0 Å². The lowest BCUT2D eigenvalue weighted by Gasteiger charge is -1.96. The van der Waals surface area contributed by atoms with Crippen LogP contribution < -0.4 is 0 Å². The maximum atomic E-state index is 12.9. The van der Waals surface area contributed by atoms with E-state index in [-0.39, 0.29) is 17.3 Å². The van der Waals surface area contributed by atoms with Crippen molar-refractivity contribution in [1.29, 1.82) is 0 Å². The molecule has 21 heavy (non-hydrogen) atoms. The molecule has 0 aliphatic heterocycles. The second-order valence-corrected chi connectivity index (χ2v) is 4.32. The molecule has 0 aliphatic carbocycles. The largest absolute Gasteiger partial charge is 0.478 e. The van der Waals surface area contributed by atoms with Gasteiger partial charge in [-0.1, -0.05) is 11.2 Å². The summed E-state index contributed by atoms with van der Waals surface area (Å²) in [5.41, 5.74) is 1.26. The quantitative estimate of drug-likeness (QED) is 0.799. The van der Waals surface area contributed by atoms with Gasteiger partial charge in [-0.15, -0.1) is 0 Å². The number of hydrogen-bond donors (Lipinski definition) is 1. The fourth-order valence-electron chi connectivity index (χ4n) is 1.84. The van der Waals surface area contributed by atoms with Gasteiger partial charge in [0, 0.05) is 11.1 Å². The van der Waals surface area contributed by atoms with E-state index >= 15 is 0 Å². The molecule has 0 spiro atoms. The van der Waals surface area contributed by atoms with Crippen LogP contribution in [-0.4, -0.2) is 21.2 Å². The highest BCUT2D eigenvalue weighted by atomic mass is 19.1. The number of carbonyl (C=O) groups is 1. The van der Waals surface area contributed by atoms with E-state index in [0.717, 1.165) is 0 Å². The first-order chi connectivity index (χ1) is 10.1. The number of carboxylic acid groups (broad SMARTS) is 1. The number of hydrogen-bond acceptors (Lipinski definition) is 4. The van der Waals surface area contributed by atoms with Crippen LogP contribution in [0.2, 0.25) is 0 Å². The minimum atomic E-state index is -1.03. The van der Waals surface area contributed by atoms with Gasteiger partial charge >= 0.3 is 5.97 Å². The molecule has 6 heteroatoms. The smallest absolute Gasteiger partial charge is 0.335 e. The van der Waals surface area contributed by atoms with E-state index in [1.54, 1.807) is 12.1 Å². The number of benzene rings is 2. The first-order valence-corrected chi connectivity index (χ1v) is 6.07. The maximum absolute atomic E-state index is 12.9. The van der Waals surface area contributed by atoms with Gasteiger partial charge < -0.3 is 9.63 Å². The predicted molar refractivity (Wildman–Crippen MR) is 72.1 cm³/mol. The first-order valence-electron chi connectivity index (χ1n) is 6.07. The molecule has 0 saturated carbocycles. The lowest BCUT2D eigenvalue weighted by molar-refractivity contribution is 0.0697. The van der Waals surface area contributed by atoms with Crippen LogP contribution in [0.15, 0.2) is 53.1 Å². The van der Waals surface area contributed by atoms with E-state index < -0.39 is 5.97 Å². The van der Waals surface area contributed by atoms with Crippen LogP contribution in [0.4, 0.5) is 4.39 Å². The highest BCUT2D eigenvalue weighted by molar-refractivity contribution is 5.89. The summed E-state index contributed by atoms with van der Waals surface area (Å²) in [6, 6.07) is 11.9. The third-order valence-corrected chi connectivity index (χ3v) is 2.88. The van der Waals surface area contributed by atoms with E-state index in [1.807, 2.05) is 0 Å². The van der Waals surface area contributed by atoms with E-state index in [2.05, 4.69) is 10.1 Å². The summed E-state index contributed by atoms with van der Waals surface area (Å²) < 4.78 is 18.0. The number of carboxylic acids is 1. The standard InChI is InChI=1S/C15H9FN2O3/c16-12-6-4-9(5-7-12)13-17-14(21-18-13)10-2-1-3-11(8-10)15(19)20/h1-8H,(H,19,20). The van der Waals surface area contributed by atoms with Gasteiger partial charge in [-0.25, -0.2) is 9.18 Å². The minimum Gasteiger partial charge on any atom is -0.478 e. The van der Waals surface area contributed by atoms with Crippen molar-refractivity contribution < 1.29 is 18.8 Å². The lowest BCUT2D eigenvalue weighted by Crippen LogP contribution is -1.95. The molecule has 0 aliphatic rings. The zero-order valence-corrected chi connectivity index (χ0v) is 10.7. The molecular weight excluding hydrogens is 275 g/mol. The van der Waals surface area contributed by atoms with Crippen molar-refractivity contribution in [2.24, 2.45) is 0 Å². The second kappa shape index (κ2) is 5.16. The van der Waals surface area contributed by atoms with Crippen LogP contribution >= 0.6 is 0 Å². The molecular formula is C15H9FN2O3. The van der Waals surface area contributed by atoms with Crippen molar-refractivity contribution in [3.05, 3.63) is 59.9 Å². The van der Waals surface area contributed by atoms with Gasteiger partial charge in [0.05, 0.1) is 5.56 Å². The van der Waals surface area contributed by atoms with Gasteiger partial charge in [0.15, 0.2) is 0 Å². The van der Waals surface area contributed by atoms with Gasteiger partial charge in [0.1, 0.15) is 5.82 Å². The van der Waals surface area contributed by atoms with E-state index in [9.17, 15) is 9.18 Å². The number of nitrogens with zero attached hydrogens (tertiary/aromatic N) is 2. The molecule has 3 aromatic rings. The Balaban J connectivity index is 1.96. The molecule has 0 unspecified atom stereocenters. The highest BCUT2D eigenvalue weighted by Gasteiger charge is 2.12. The van der Waals surface area contributed by atoms with E-state index in [4.69, 9.17) is 9.63 Å². The molecule has 0 radical (unpaired) electrons. The summed E-state index contributed by atoms with van der Waals surface area (Å²) in [5, 5.41) is 12.8. The molecule has 0 bridgehead atoms. The molecule has 0 fully saturated rings. The Hall–Kier alpha value is -3.02. The highest BCUT2D eigenvalue weighted by Crippen LogP contribution is 2.23. The van der Waals surface area contributed by atoms with Gasteiger partial charge in [-0.2, -0.15) is 4.98 Å². The number of halogens is 1. The Morgan fingerprint density at radius 1 is 1.10 bits per heavy atom. The van der Waals surface area contributed by atoms with Gasteiger partial charge in [-0.05, 0) is 42.5 Å². The van der Waals surface area contributed by atoms with Crippen LogP contribution in [0.5, 0.6) is 0 Å². The average molecular weight is 284 g/mol. The Labute approximate surface area is 118 Å². The van der Waals surface area contributed by atoms with Crippen LogP contribution in [0.25, 0.3) is 22.8 Å². The summed E-state index contributed by atoms with van der Waals surface area (Å²) in [5.74, 6) is -0.866. The normalized spacial score (nSPS) is 10.5. The number of aromatic nitrogens is 2. The summed E-state index contributed by atoms with van der Waals surface area (Å²) >= 11 is 0. The average Bonchev–Trinajstić information content (AvgIpc) is 2.98. The Bertz CT molecular complexity index is 797. The molecule has 1 heterocycles. The third-order valence-electron chi connectivity index (χ3n) is 2.88. The number of rotatable bonds is 3. The van der Waals surface area contributed by atoms with Crippen molar-refractivity contribution in [3.8, 4) is 22.8 Å². The summed E-state index contributed by atoms with van der Waals surface area (Å²) in [7, 11) is 0. The Kier molecular flexibility index (Phi) is 3.19. The number of aromatic carboxylic acids is 1. The van der Waals surface area contributed by atoms with E-state index in [0.29, 0.717) is 17.0 Å². The van der Waals surface area contributed by atoms with Gasteiger partial charge in [0.2, 0.25) is 5.82 Å². The molecule has 0 atom stereocenters. The summed E-state index contributed by atoms with van der Waals surface area (Å²) in [6.07, 6.45) is 0. The lowest BCUT2D eigenvalue weighted by atomic mass is 10.1. The van der Waals surface area contributed by atoms with Crippen LogP contribution in [0.3, 0.4) is 0 Å². The molecule has 2 aromatic carbocycles. The predicted octanol–water partition coefficient (Wildman–Crippen LogP) is 3.24. The van der Waals surface area contributed by atoms with Crippen molar-refractivity contribution in [2.75, 3.05) is 0 Å². The zero-order valence-electron chi connectivity index (χ0n) is 10.7. The SMILES string of the molecule is O=C(O)c1cccc(-c2nc(-c3ccc(F)cc3)no2)c1. The Morgan fingerprint density at radius 2 is 1.86 bits per heavy atom.